The Hall–Kier alpha value is -5.28. The van der Waals surface area contributed by atoms with Gasteiger partial charge in [-0.2, -0.15) is 38.7 Å². The molecule has 2 amide bonds. The molecule has 0 radical (unpaired) electrons. The molecule has 5 aromatic rings. The number of carbonyl (C=O) groups is 2. The molecule has 0 spiro atoms. The highest BCUT2D eigenvalue weighted by Crippen LogP contribution is 2.34. The van der Waals surface area contributed by atoms with Crippen molar-refractivity contribution in [2.24, 2.45) is 15.9 Å². The lowest BCUT2D eigenvalue weighted by molar-refractivity contribution is -0.0617. The Balaban J connectivity index is 1.37. The van der Waals surface area contributed by atoms with Crippen molar-refractivity contribution in [3.63, 3.8) is 0 Å². The zero-order chi connectivity index (χ0) is 32.6. The number of aromatic nitrogens is 5. The normalized spacial score (nSPS) is 13.2. The van der Waals surface area contributed by atoms with Gasteiger partial charge in [0.1, 0.15) is 23.5 Å². The summed E-state index contributed by atoms with van der Waals surface area (Å²) in [6, 6.07) is 15.4. The summed E-state index contributed by atoms with van der Waals surface area (Å²) < 4.78 is 42.5. The first kappa shape index (κ1) is 30.7. The summed E-state index contributed by atoms with van der Waals surface area (Å²) in [5.41, 5.74) is 5.64. The number of nitrogens with zero attached hydrogens (tertiary/aromatic N) is 8. The average Bonchev–Trinajstić information content (AvgIpc) is 3.61. The molecular formula is C29H21Cl2F3N10O2. The van der Waals surface area contributed by atoms with Gasteiger partial charge in [-0.05, 0) is 29.8 Å². The lowest BCUT2D eigenvalue weighted by Crippen LogP contribution is -2.29. The second kappa shape index (κ2) is 12.3. The molecule has 1 aliphatic heterocycles. The summed E-state index contributed by atoms with van der Waals surface area (Å²) in [6.45, 7) is 0.0708. The molecule has 0 bridgehead atoms. The highest BCUT2D eigenvalue weighted by molar-refractivity contribution is 6.36. The minimum atomic E-state index is -4.65. The number of amides is 2. The first-order chi connectivity index (χ1) is 22.0. The zero-order valence-corrected chi connectivity index (χ0v) is 24.9. The lowest BCUT2D eigenvalue weighted by Gasteiger charge is -2.19. The number of anilines is 1. The molecule has 17 heteroatoms. The van der Waals surface area contributed by atoms with Gasteiger partial charge in [-0.25, -0.2) is 9.67 Å². The maximum absolute atomic E-state index is 13.8. The third-order valence-electron chi connectivity index (χ3n) is 6.77. The molecular weight excluding hydrogens is 648 g/mol. The van der Waals surface area contributed by atoms with E-state index in [0.717, 1.165) is 21.6 Å². The van der Waals surface area contributed by atoms with Crippen LogP contribution in [0.1, 0.15) is 38.5 Å². The van der Waals surface area contributed by atoms with Crippen LogP contribution in [0.3, 0.4) is 0 Å². The molecule has 0 saturated carbocycles. The summed E-state index contributed by atoms with van der Waals surface area (Å²) in [5, 5.41) is 20.4. The summed E-state index contributed by atoms with van der Waals surface area (Å²) in [4.78, 5) is 30.8. The number of alkyl halides is 3. The SMILES string of the molecule is NC(=O)c1c(NC(=O)c2cc(CN3N=CCC(C(F)(F)F)=N3)nn2-c2ncccc2Cl)c(Cl)cc2cn(Cc3ccccc3)nc12. The second-order valence-corrected chi connectivity index (χ2v) is 10.8. The van der Waals surface area contributed by atoms with Crippen LogP contribution in [-0.4, -0.2) is 59.6 Å². The maximum atomic E-state index is 13.8. The molecule has 1 aliphatic rings. The predicted molar refractivity (Wildman–Crippen MR) is 165 cm³/mol. The number of hydrogen-bond acceptors (Lipinski definition) is 8. The third kappa shape index (κ3) is 6.27. The Bertz CT molecular complexity index is 2040. The molecule has 0 saturated heterocycles. The fraction of sp³-hybridized carbons (Fsp3) is 0.138. The first-order valence-corrected chi connectivity index (χ1v) is 14.2. The molecule has 234 valence electrons. The number of nitrogens with one attached hydrogen (secondary N) is 1. The van der Waals surface area contributed by atoms with Crippen molar-refractivity contribution in [3.8, 4) is 5.82 Å². The lowest BCUT2D eigenvalue weighted by atomic mass is 10.1. The van der Waals surface area contributed by atoms with Gasteiger partial charge >= 0.3 is 6.18 Å². The molecule has 6 rings (SSSR count). The summed E-state index contributed by atoms with van der Waals surface area (Å²) in [7, 11) is 0. The van der Waals surface area contributed by atoms with Gasteiger partial charge in [0, 0.05) is 30.4 Å². The number of benzene rings is 2. The predicted octanol–water partition coefficient (Wildman–Crippen LogP) is 5.43. The van der Waals surface area contributed by atoms with Crippen molar-refractivity contribution >= 4 is 63.5 Å². The molecule has 3 aromatic heterocycles. The number of nitrogens with two attached hydrogens (primary N) is 1. The minimum Gasteiger partial charge on any atom is -0.365 e. The van der Waals surface area contributed by atoms with E-state index in [-0.39, 0.29) is 50.6 Å². The van der Waals surface area contributed by atoms with E-state index in [2.05, 4.69) is 30.7 Å². The molecule has 0 atom stereocenters. The number of halogens is 5. The monoisotopic (exact) mass is 668 g/mol. The second-order valence-electron chi connectivity index (χ2n) is 10.00. The van der Waals surface area contributed by atoms with Crippen molar-refractivity contribution in [1.29, 1.82) is 0 Å². The van der Waals surface area contributed by atoms with Gasteiger partial charge in [0.2, 0.25) is 0 Å². The molecule has 0 aliphatic carbocycles. The van der Waals surface area contributed by atoms with Crippen LogP contribution >= 0.6 is 23.2 Å². The highest BCUT2D eigenvalue weighted by atomic mass is 35.5. The van der Waals surface area contributed by atoms with Crippen LogP contribution in [0.25, 0.3) is 16.7 Å². The van der Waals surface area contributed by atoms with Crippen molar-refractivity contribution in [1.82, 2.24) is 29.7 Å². The Morgan fingerprint density at radius 1 is 1.00 bits per heavy atom. The van der Waals surface area contributed by atoms with Gasteiger partial charge < -0.3 is 11.1 Å². The van der Waals surface area contributed by atoms with Crippen molar-refractivity contribution < 1.29 is 22.8 Å². The van der Waals surface area contributed by atoms with Crippen LogP contribution in [0.15, 0.2) is 77.2 Å². The molecule has 0 unspecified atom stereocenters. The molecule has 3 N–H and O–H groups in total. The number of hydrazone groups is 2. The van der Waals surface area contributed by atoms with E-state index in [1.165, 1.54) is 24.4 Å². The Kier molecular flexibility index (Phi) is 8.19. The number of primary amides is 1. The van der Waals surface area contributed by atoms with E-state index in [1.807, 2.05) is 30.3 Å². The van der Waals surface area contributed by atoms with Crippen LogP contribution in [0.2, 0.25) is 10.0 Å². The van der Waals surface area contributed by atoms with Crippen molar-refractivity contribution in [3.05, 3.63) is 99.6 Å². The number of hydrogen-bond donors (Lipinski definition) is 2. The van der Waals surface area contributed by atoms with Crippen LogP contribution < -0.4 is 11.1 Å². The Morgan fingerprint density at radius 3 is 2.50 bits per heavy atom. The van der Waals surface area contributed by atoms with E-state index >= 15 is 0 Å². The number of carbonyl (C=O) groups excluding carboxylic acids is 2. The van der Waals surface area contributed by atoms with Gasteiger partial charge in [0.15, 0.2) is 5.82 Å². The molecule has 0 fully saturated rings. The van der Waals surface area contributed by atoms with Crippen LogP contribution in [0.4, 0.5) is 18.9 Å². The third-order valence-corrected chi connectivity index (χ3v) is 7.36. The highest BCUT2D eigenvalue weighted by Gasteiger charge is 2.37. The summed E-state index contributed by atoms with van der Waals surface area (Å²) >= 11 is 12.9. The van der Waals surface area contributed by atoms with Gasteiger partial charge in [-0.3, -0.25) is 14.3 Å². The van der Waals surface area contributed by atoms with E-state index in [0.29, 0.717) is 11.9 Å². The topological polar surface area (TPSA) is 149 Å². The van der Waals surface area contributed by atoms with Crippen molar-refractivity contribution in [2.45, 2.75) is 25.7 Å². The van der Waals surface area contributed by atoms with Gasteiger partial charge in [-0.1, -0.05) is 53.5 Å². The smallest absolute Gasteiger partial charge is 0.365 e. The molecule has 12 nitrogen and oxygen atoms in total. The molecule has 46 heavy (non-hydrogen) atoms. The summed E-state index contributed by atoms with van der Waals surface area (Å²) in [5.74, 6) is -1.65. The van der Waals surface area contributed by atoms with E-state index in [4.69, 9.17) is 28.9 Å². The van der Waals surface area contributed by atoms with Gasteiger partial charge in [0.25, 0.3) is 11.8 Å². The fourth-order valence-corrected chi connectivity index (χ4v) is 5.22. The number of rotatable bonds is 8. The first-order valence-electron chi connectivity index (χ1n) is 13.5. The molecule has 2 aromatic carbocycles. The molecule has 4 heterocycles. The Labute approximate surface area is 267 Å². The van der Waals surface area contributed by atoms with Crippen LogP contribution in [0.5, 0.6) is 0 Å². The summed E-state index contributed by atoms with van der Waals surface area (Å²) in [6.07, 6.45) is -0.941. The fourth-order valence-electron chi connectivity index (χ4n) is 4.76. The number of fused-ring (bicyclic) bond motifs is 1. The van der Waals surface area contributed by atoms with Gasteiger partial charge in [-0.15, -0.1) is 0 Å². The number of pyridine rings is 1. The maximum Gasteiger partial charge on any atom is 0.431 e. The van der Waals surface area contributed by atoms with Crippen LogP contribution in [0, 0.1) is 0 Å². The van der Waals surface area contributed by atoms with Crippen LogP contribution in [-0.2, 0) is 13.1 Å². The van der Waals surface area contributed by atoms with E-state index in [1.54, 1.807) is 16.9 Å². The van der Waals surface area contributed by atoms with Crippen molar-refractivity contribution in [2.75, 3.05) is 5.32 Å². The quantitative estimate of drug-likeness (QED) is 0.225. The van der Waals surface area contributed by atoms with E-state index < -0.39 is 30.1 Å². The standard InChI is InChI=1S/C29H21Cl2F3N10O2/c30-19-7-4-9-36-27(19)44-21(12-18(39-44)15-43-37-10-8-22(40-43)29(32,33)34)28(46)38-25-20(31)11-17-14-42(13-16-5-2-1-3-6-16)41-24(17)23(25)26(35)45/h1-7,9-12,14H,8,13,15H2,(H2,35,45)(H,38,46). The zero-order valence-electron chi connectivity index (χ0n) is 23.4. The van der Waals surface area contributed by atoms with E-state index in [9.17, 15) is 22.8 Å². The Morgan fingerprint density at radius 2 is 1.78 bits per heavy atom. The average molecular weight is 669 g/mol. The largest absolute Gasteiger partial charge is 0.431 e. The minimum absolute atomic E-state index is 0.00717. The van der Waals surface area contributed by atoms with Gasteiger partial charge in [0.05, 0.1) is 33.5 Å².